The van der Waals surface area contributed by atoms with Crippen LogP contribution in [0.25, 0.3) is 10.8 Å². The Labute approximate surface area is 158 Å². The SMILES string of the molecule is CCC(=O)Nc1cccc(NC(=O)CNc2ccc3ccccc3c2)c1C. The fraction of sp³-hybridized carbons (Fsp3) is 0.182. The summed E-state index contributed by atoms with van der Waals surface area (Å²) < 4.78 is 0. The third-order valence-electron chi connectivity index (χ3n) is 4.41. The molecule has 0 aromatic heterocycles. The molecule has 27 heavy (non-hydrogen) atoms. The summed E-state index contributed by atoms with van der Waals surface area (Å²) in [6.07, 6.45) is 0.408. The van der Waals surface area contributed by atoms with E-state index >= 15 is 0 Å². The van der Waals surface area contributed by atoms with Crippen molar-refractivity contribution in [2.45, 2.75) is 20.3 Å². The first-order valence-corrected chi connectivity index (χ1v) is 8.99. The number of rotatable bonds is 6. The van der Waals surface area contributed by atoms with Crippen molar-refractivity contribution < 1.29 is 9.59 Å². The van der Waals surface area contributed by atoms with Gasteiger partial charge in [-0.3, -0.25) is 9.59 Å². The van der Waals surface area contributed by atoms with Crippen LogP contribution in [0.4, 0.5) is 17.1 Å². The highest BCUT2D eigenvalue weighted by Crippen LogP contribution is 2.23. The van der Waals surface area contributed by atoms with Gasteiger partial charge in [0.1, 0.15) is 0 Å². The van der Waals surface area contributed by atoms with Crippen LogP contribution in [-0.4, -0.2) is 18.4 Å². The average Bonchev–Trinajstić information content (AvgIpc) is 2.69. The van der Waals surface area contributed by atoms with Crippen molar-refractivity contribution in [1.29, 1.82) is 0 Å². The third-order valence-corrected chi connectivity index (χ3v) is 4.41. The Kier molecular flexibility index (Phi) is 5.71. The first kappa shape index (κ1) is 18.5. The van der Waals surface area contributed by atoms with Gasteiger partial charge in [0, 0.05) is 23.5 Å². The number of amides is 2. The molecule has 0 aliphatic heterocycles. The van der Waals surface area contributed by atoms with Gasteiger partial charge in [-0.25, -0.2) is 0 Å². The van der Waals surface area contributed by atoms with Gasteiger partial charge < -0.3 is 16.0 Å². The van der Waals surface area contributed by atoms with E-state index in [9.17, 15) is 9.59 Å². The first-order valence-electron chi connectivity index (χ1n) is 8.99. The molecule has 0 atom stereocenters. The van der Waals surface area contributed by atoms with E-state index in [0.29, 0.717) is 17.8 Å². The molecule has 2 amide bonds. The molecule has 0 saturated carbocycles. The first-order chi connectivity index (χ1) is 13.1. The Hall–Kier alpha value is -3.34. The van der Waals surface area contributed by atoms with Crippen molar-refractivity contribution in [3.05, 3.63) is 66.2 Å². The van der Waals surface area contributed by atoms with Gasteiger partial charge in [-0.2, -0.15) is 0 Å². The molecule has 0 radical (unpaired) electrons. The fourth-order valence-corrected chi connectivity index (χ4v) is 2.82. The maximum atomic E-state index is 12.3. The zero-order valence-corrected chi connectivity index (χ0v) is 15.5. The molecule has 5 heteroatoms. The van der Waals surface area contributed by atoms with Gasteiger partial charge in [0.15, 0.2) is 0 Å². The van der Waals surface area contributed by atoms with E-state index in [1.807, 2.05) is 61.5 Å². The summed E-state index contributed by atoms with van der Waals surface area (Å²) in [5.41, 5.74) is 3.12. The molecule has 0 saturated heterocycles. The molecule has 0 spiro atoms. The van der Waals surface area contributed by atoms with Gasteiger partial charge in [-0.15, -0.1) is 0 Å². The van der Waals surface area contributed by atoms with Crippen LogP contribution < -0.4 is 16.0 Å². The summed E-state index contributed by atoms with van der Waals surface area (Å²) in [6, 6.07) is 19.6. The number of benzene rings is 3. The van der Waals surface area contributed by atoms with Gasteiger partial charge >= 0.3 is 0 Å². The van der Waals surface area contributed by atoms with Gasteiger partial charge in [0.05, 0.1) is 6.54 Å². The van der Waals surface area contributed by atoms with Crippen LogP contribution in [0.1, 0.15) is 18.9 Å². The monoisotopic (exact) mass is 361 g/mol. The summed E-state index contributed by atoms with van der Waals surface area (Å²) in [7, 11) is 0. The standard InChI is InChI=1S/C22H23N3O2/c1-3-21(26)24-19-9-6-10-20(15(19)2)25-22(27)14-23-18-12-11-16-7-4-5-8-17(16)13-18/h4-13,23H,3,14H2,1-2H3,(H,24,26)(H,25,27). The van der Waals surface area contributed by atoms with E-state index in [2.05, 4.69) is 22.0 Å². The number of carbonyl (C=O) groups is 2. The molecule has 3 rings (SSSR count). The largest absolute Gasteiger partial charge is 0.376 e. The van der Waals surface area contributed by atoms with Crippen molar-refractivity contribution in [3.8, 4) is 0 Å². The molecule has 0 fully saturated rings. The highest BCUT2D eigenvalue weighted by atomic mass is 16.2. The molecular weight excluding hydrogens is 338 g/mol. The van der Waals surface area contributed by atoms with Gasteiger partial charge in [0.25, 0.3) is 0 Å². The highest BCUT2D eigenvalue weighted by molar-refractivity contribution is 5.97. The molecule has 0 aliphatic carbocycles. The maximum absolute atomic E-state index is 12.3. The predicted octanol–water partition coefficient (Wildman–Crippen LogP) is 4.55. The van der Waals surface area contributed by atoms with E-state index in [4.69, 9.17) is 0 Å². The molecule has 0 unspecified atom stereocenters. The average molecular weight is 361 g/mol. The van der Waals surface area contributed by atoms with Crippen LogP contribution in [0, 0.1) is 6.92 Å². The van der Waals surface area contributed by atoms with Crippen LogP contribution >= 0.6 is 0 Å². The number of carbonyl (C=O) groups excluding carboxylic acids is 2. The summed E-state index contributed by atoms with van der Waals surface area (Å²) in [4.78, 5) is 23.9. The predicted molar refractivity (Wildman–Crippen MR) is 111 cm³/mol. The lowest BCUT2D eigenvalue weighted by Crippen LogP contribution is -2.22. The zero-order chi connectivity index (χ0) is 19.2. The normalized spacial score (nSPS) is 10.4. The minimum atomic E-state index is -0.148. The van der Waals surface area contributed by atoms with E-state index < -0.39 is 0 Å². The minimum Gasteiger partial charge on any atom is -0.376 e. The van der Waals surface area contributed by atoms with Crippen molar-refractivity contribution in [1.82, 2.24) is 0 Å². The molecular formula is C22H23N3O2. The molecule has 0 bridgehead atoms. The number of fused-ring (bicyclic) bond motifs is 1. The third kappa shape index (κ3) is 4.64. The molecule has 3 aromatic rings. The van der Waals surface area contributed by atoms with Crippen molar-refractivity contribution >= 4 is 39.6 Å². The van der Waals surface area contributed by atoms with E-state index in [0.717, 1.165) is 22.0 Å². The lowest BCUT2D eigenvalue weighted by Gasteiger charge is -2.14. The van der Waals surface area contributed by atoms with E-state index in [1.165, 1.54) is 0 Å². The lowest BCUT2D eigenvalue weighted by molar-refractivity contribution is -0.116. The Bertz CT molecular complexity index is 982. The molecule has 3 N–H and O–H groups in total. The van der Waals surface area contributed by atoms with Crippen molar-refractivity contribution in [2.24, 2.45) is 0 Å². The quantitative estimate of drug-likeness (QED) is 0.603. The molecule has 3 aromatic carbocycles. The Morgan fingerprint density at radius 2 is 1.48 bits per heavy atom. The van der Waals surface area contributed by atoms with Crippen LogP contribution in [0.5, 0.6) is 0 Å². The smallest absolute Gasteiger partial charge is 0.243 e. The number of nitrogens with one attached hydrogen (secondary N) is 3. The number of hydrogen-bond acceptors (Lipinski definition) is 3. The summed E-state index contributed by atoms with van der Waals surface area (Å²) in [6.45, 7) is 3.83. The lowest BCUT2D eigenvalue weighted by atomic mass is 10.1. The van der Waals surface area contributed by atoms with E-state index in [-0.39, 0.29) is 18.4 Å². The van der Waals surface area contributed by atoms with Gasteiger partial charge in [0.2, 0.25) is 11.8 Å². The second kappa shape index (κ2) is 8.36. The number of hydrogen-bond donors (Lipinski definition) is 3. The van der Waals surface area contributed by atoms with Crippen LogP contribution in [0.2, 0.25) is 0 Å². The Balaban J connectivity index is 1.63. The molecule has 0 heterocycles. The summed E-state index contributed by atoms with van der Waals surface area (Å²) in [5.74, 6) is -0.204. The topological polar surface area (TPSA) is 70.2 Å². The summed E-state index contributed by atoms with van der Waals surface area (Å²) in [5, 5.41) is 11.2. The maximum Gasteiger partial charge on any atom is 0.243 e. The minimum absolute atomic E-state index is 0.0560. The van der Waals surface area contributed by atoms with Crippen LogP contribution in [0.15, 0.2) is 60.7 Å². The highest BCUT2D eigenvalue weighted by Gasteiger charge is 2.09. The summed E-state index contributed by atoms with van der Waals surface area (Å²) >= 11 is 0. The second-order valence-corrected chi connectivity index (χ2v) is 6.34. The fourth-order valence-electron chi connectivity index (χ4n) is 2.82. The van der Waals surface area contributed by atoms with E-state index in [1.54, 1.807) is 6.92 Å². The molecule has 5 nitrogen and oxygen atoms in total. The molecule has 0 aliphatic rings. The van der Waals surface area contributed by atoms with Gasteiger partial charge in [-0.1, -0.05) is 43.3 Å². The number of anilines is 3. The Morgan fingerprint density at radius 1 is 0.815 bits per heavy atom. The van der Waals surface area contributed by atoms with Gasteiger partial charge in [-0.05, 0) is 47.5 Å². The van der Waals surface area contributed by atoms with Crippen LogP contribution in [0.3, 0.4) is 0 Å². The molecule has 138 valence electrons. The zero-order valence-electron chi connectivity index (χ0n) is 15.5. The van der Waals surface area contributed by atoms with Crippen LogP contribution in [-0.2, 0) is 9.59 Å². The van der Waals surface area contributed by atoms with Crippen molar-refractivity contribution in [2.75, 3.05) is 22.5 Å². The second-order valence-electron chi connectivity index (χ2n) is 6.34. The van der Waals surface area contributed by atoms with Crippen molar-refractivity contribution in [3.63, 3.8) is 0 Å². The Morgan fingerprint density at radius 3 is 2.19 bits per heavy atom.